The molecule has 1 heterocycles. The van der Waals surface area contributed by atoms with E-state index in [-0.39, 0.29) is 17.9 Å². The first-order chi connectivity index (χ1) is 10.6. The van der Waals surface area contributed by atoms with Gasteiger partial charge in [-0.05, 0) is 24.3 Å². The molecular formula is C17H21N3OS. The van der Waals surface area contributed by atoms with E-state index >= 15 is 0 Å². The average Bonchev–Trinajstić information content (AvgIpc) is 2.56. The molecule has 22 heavy (non-hydrogen) atoms. The first-order valence-corrected chi connectivity index (χ1v) is 8.66. The van der Waals surface area contributed by atoms with Crippen LogP contribution in [0.4, 0.5) is 0 Å². The van der Waals surface area contributed by atoms with Gasteiger partial charge >= 0.3 is 0 Å². The zero-order valence-corrected chi connectivity index (χ0v) is 13.9. The van der Waals surface area contributed by atoms with E-state index in [0.29, 0.717) is 0 Å². The van der Waals surface area contributed by atoms with Crippen LogP contribution in [0.25, 0.3) is 11.1 Å². The van der Waals surface area contributed by atoms with Crippen LogP contribution in [0, 0.1) is 5.92 Å². The Kier molecular flexibility index (Phi) is 5.95. The maximum atomic E-state index is 12.1. The van der Waals surface area contributed by atoms with Gasteiger partial charge in [-0.2, -0.15) is 11.8 Å². The number of hydrogen-bond donors (Lipinski definition) is 1. The highest BCUT2D eigenvalue weighted by Crippen LogP contribution is 2.21. The standard InChI is InChI=1S/C17H21N3OS/c1-12(10-22-3)17(21)20-13(2)14-4-6-15(7-5-14)16-8-18-11-19-9-16/h4-9,11-13H,10H2,1-3H3,(H,20,21)/t12-,13-/m1/s1. The van der Waals surface area contributed by atoms with Gasteiger partial charge in [-0.15, -0.1) is 0 Å². The second-order valence-corrected chi connectivity index (χ2v) is 6.25. The minimum absolute atomic E-state index is 0.00196. The third kappa shape index (κ3) is 4.31. The minimum atomic E-state index is -0.00196. The van der Waals surface area contributed by atoms with Crippen LogP contribution in [-0.4, -0.2) is 27.9 Å². The largest absolute Gasteiger partial charge is 0.349 e. The van der Waals surface area contributed by atoms with Crippen LogP contribution in [0.5, 0.6) is 0 Å². The van der Waals surface area contributed by atoms with Crippen molar-refractivity contribution in [2.45, 2.75) is 19.9 Å². The summed E-state index contributed by atoms with van der Waals surface area (Å²) in [6, 6.07) is 8.13. The Balaban J connectivity index is 2.02. The molecule has 2 atom stereocenters. The molecule has 0 saturated carbocycles. The Labute approximate surface area is 135 Å². The third-order valence-corrected chi connectivity index (χ3v) is 4.36. The fourth-order valence-electron chi connectivity index (χ4n) is 2.18. The van der Waals surface area contributed by atoms with Gasteiger partial charge in [-0.3, -0.25) is 4.79 Å². The Bertz CT molecular complexity index is 601. The molecule has 0 saturated heterocycles. The second kappa shape index (κ2) is 7.94. The fraction of sp³-hybridized carbons (Fsp3) is 0.353. The van der Waals surface area contributed by atoms with Gasteiger partial charge in [0.05, 0.1) is 6.04 Å². The summed E-state index contributed by atoms with van der Waals surface area (Å²) in [7, 11) is 0. The van der Waals surface area contributed by atoms with E-state index in [1.54, 1.807) is 24.2 Å². The van der Waals surface area contributed by atoms with Crippen LogP contribution >= 0.6 is 11.8 Å². The molecular weight excluding hydrogens is 294 g/mol. The number of carbonyl (C=O) groups excluding carboxylic acids is 1. The molecule has 1 amide bonds. The normalized spacial score (nSPS) is 13.4. The van der Waals surface area contributed by atoms with Crippen LogP contribution in [0.2, 0.25) is 0 Å². The lowest BCUT2D eigenvalue weighted by Gasteiger charge is -2.17. The van der Waals surface area contributed by atoms with E-state index in [4.69, 9.17) is 0 Å². The minimum Gasteiger partial charge on any atom is -0.349 e. The maximum absolute atomic E-state index is 12.1. The number of nitrogens with zero attached hydrogens (tertiary/aromatic N) is 2. The predicted molar refractivity (Wildman–Crippen MR) is 91.6 cm³/mol. The van der Waals surface area contributed by atoms with Crippen molar-refractivity contribution in [3.8, 4) is 11.1 Å². The number of nitrogens with one attached hydrogen (secondary N) is 1. The van der Waals surface area contributed by atoms with E-state index in [9.17, 15) is 4.79 Å². The Morgan fingerprint density at radius 1 is 1.14 bits per heavy atom. The van der Waals surface area contributed by atoms with Crippen LogP contribution in [0.15, 0.2) is 43.0 Å². The van der Waals surface area contributed by atoms with Crippen LogP contribution in [0.3, 0.4) is 0 Å². The summed E-state index contributed by atoms with van der Waals surface area (Å²) in [4.78, 5) is 20.1. The Morgan fingerprint density at radius 2 is 1.77 bits per heavy atom. The molecule has 1 N–H and O–H groups in total. The van der Waals surface area contributed by atoms with Gasteiger partial charge in [0.15, 0.2) is 0 Å². The lowest BCUT2D eigenvalue weighted by Crippen LogP contribution is -2.32. The van der Waals surface area contributed by atoms with Gasteiger partial charge < -0.3 is 5.32 Å². The SMILES string of the molecule is CSC[C@@H](C)C(=O)N[C@H](C)c1ccc(-c2cncnc2)cc1. The average molecular weight is 315 g/mol. The van der Waals surface area contributed by atoms with Crippen molar-refractivity contribution in [1.29, 1.82) is 0 Å². The molecule has 0 radical (unpaired) electrons. The van der Waals surface area contributed by atoms with Crippen molar-refractivity contribution in [2.24, 2.45) is 5.92 Å². The molecule has 0 spiro atoms. The van der Waals surface area contributed by atoms with E-state index < -0.39 is 0 Å². The molecule has 5 heteroatoms. The van der Waals surface area contributed by atoms with Crippen LogP contribution in [0.1, 0.15) is 25.5 Å². The third-order valence-electron chi connectivity index (χ3n) is 3.53. The van der Waals surface area contributed by atoms with Crippen molar-refractivity contribution in [2.75, 3.05) is 12.0 Å². The van der Waals surface area contributed by atoms with Gasteiger partial charge in [0, 0.05) is 29.6 Å². The lowest BCUT2D eigenvalue weighted by atomic mass is 10.0. The van der Waals surface area contributed by atoms with Crippen LogP contribution < -0.4 is 5.32 Å². The van der Waals surface area contributed by atoms with Gasteiger partial charge in [0.2, 0.25) is 5.91 Å². The van der Waals surface area contributed by atoms with Gasteiger partial charge in [-0.25, -0.2) is 9.97 Å². The van der Waals surface area contributed by atoms with Crippen molar-refractivity contribution < 1.29 is 4.79 Å². The van der Waals surface area contributed by atoms with Crippen molar-refractivity contribution >= 4 is 17.7 Å². The Hall–Kier alpha value is -1.88. The summed E-state index contributed by atoms with van der Waals surface area (Å²) < 4.78 is 0. The molecule has 2 rings (SSSR count). The molecule has 0 bridgehead atoms. The molecule has 116 valence electrons. The number of thioether (sulfide) groups is 1. The molecule has 0 fully saturated rings. The summed E-state index contributed by atoms with van der Waals surface area (Å²) >= 11 is 1.69. The number of rotatable bonds is 6. The topological polar surface area (TPSA) is 54.9 Å². The molecule has 2 aromatic rings. The highest BCUT2D eigenvalue weighted by molar-refractivity contribution is 7.98. The summed E-state index contributed by atoms with van der Waals surface area (Å²) in [5.41, 5.74) is 3.14. The van der Waals surface area contributed by atoms with Crippen molar-refractivity contribution in [1.82, 2.24) is 15.3 Å². The quantitative estimate of drug-likeness (QED) is 0.888. The van der Waals surface area contributed by atoms with E-state index in [1.807, 2.05) is 44.4 Å². The highest BCUT2D eigenvalue weighted by atomic mass is 32.2. The van der Waals surface area contributed by atoms with Crippen molar-refractivity contribution in [3.05, 3.63) is 48.5 Å². The monoisotopic (exact) mass is 315 g/mol. The van der Waals surface area contributed by atoms with Gasteiger partial charge in [0.1, 0.15) is 6.33 Å². The molecule has 4 nitrogen and oxygen atoms in total. The number of benzene rings is 1. The summed E-state index contributed by atoms with van der Waals surface area (Å²) in [6.07, 6.45) is 7.11. The lowest BCUT2D eigenvalue weighted by molar-refractivity contribution is -0.124. The smallest absolute Gasteiger partial charge is 0.224 e. The predicted octanol–water partition coefficient (Wildman–Crippen LogP) is 3.32. The second-order valence-electron chi connectivity index (χ2n) is 5.34. The molecule has 0 aliphatic heterocycles. The molecule has 0 aliphatic carbocycles. The maximum Gasteiger partial charge on any atom is 0.224 e. The first-order valence-electron chi connectivity index (χ1n) is 7.26. The zero-order chi connectivity index (χ0) is 15.9. The highest BCUT2D eigenvalue weighted by Gasteiger charge is 2.15. The van der Waals surface area contributed by atoms with E-state index in [2.05, 4.69) is 15.3 Å². The summed E-state index contributed by atoms with van der Waals surface area (Å²) in [6.45, 7) is 3.96. The fourth-order valence-corrected chi connectivity index (χ4v) is 2.83. The molecule has 0 aliphatic rings. The number of carbonyl (C=O) groups is 1. The number of aromatic nitrogens is 2. The van der Waals surface area contributed by atoms with Gasteiger partial charge in [0.25, 0.3) is 0 Å². The molecule has 1 aromatic carbocycles. The summed E-state index contributed by atoms with van der Waals surface area (Å²) in [5, 5.41) is 3.06. The van der Waals surface area contributed by atoms with E-state index in [1.165, 1.54) is 6.33 Å². The summed E-state index contributed by atoms with van der Waals surface area (Å²) in [5.74, 6) is 0.964. The number of hydrogen-bond acceptors (Lipinski definition) is 4. The van der Waals surface area contributed by atoms with Crippen LogP contribution in [-0.2, 0) is 4.79 Å². The number of amides is 1. The first kappa shape index (κ1) is 16.5. The van der Waals surface area contributed by atoms with E-state index in [0.717, 1.165) is 22.4 Å². The molecule has 0 unspecified atom stereocenters. The molecule has 1 aromatic heterocycles. The van der Waals surface area contributed by atoms with Gasteiger partial charge in [-0.1, -0.05) is 31.2 Å². The Morgan fingerprint density at radius 3 is 2.36 bits per heavy atom. The van der Waals surface area contributed by atoms with Crippen molar-refractivity contribution in [3.63, 3.8) is 0 Å². The zero-order valence-electron chi connectivity index (χ0n) is 13.1.